The Morgan fingerprint density at radius 1 is 0.970 bits per heavy atom. The van der Waals surface area contributed by atoms with Gasteiger partial charge in [0.1, 0.15) is 5.82 Å². The largest absolute Gasteiger partial charge is 0.309 e. The van der Waals surface area contributed by atoms with Gasteiger partial charge >= 0.3 is 0 Å². The van der Waals surface area contributed by atoms with Gasteiger partial charge in [0, 0.05) is 10.7 Å². The number of nitrogens with zero attached hydrogens (tertiary/aromatic N) is 3. The molecule has 0 aliphatic rings. The van der Waals surface area contributed by atoms with E-state index >= 15 is 0 Å². The van der Waals surface area contributed by atoms with Crippen LogP contribution in [0.1, 0.15) is 18.3 Å². The van der Waals surface area contributed by atoms with E-state index in [0.29, 0.717) is 41.4 Å². The van der Waals surface area contributed by atoms with Gasteiger partial charge in [-0.3, -0.25) is 14.5 Å². The predicted molar refractivity (Wildman–Crippen MR) is 132 cm³/mol. The van der Waals surface area contributed by atoms with E-state index in [-0.39, 0.29) is 18.0 Å². The van der Waals surface area contributed by atoms with E-state index in [1.807, 2.05) is 72.5 Å². The van der Waals surface area contributed by atoms with Gasteiger partial charge in [0.2, 0.25) is 5.91 Å². The second-order valence-electron chi connectivity index (χ2n) is 7.78. The maximum Gasteiger partial charge on any atom is 0.258 e. The number of H-pyrrole nitrogens is 1. The Morgan fingerprint density at radius 3 is 2.36 bits per heavy atom. The van der Waals surface area contributed by atoms with Crippen molar-refractivity contribution < 1.29 is 4.79 Å². The van der Waals surface area contributed by atoms with Gasteiger partial charge in [-0.25, -0.2) is 4.98 Å². The number of likely N-dealkylation sites (N-methyl/N-ethyl adjacent to an activating group) is 1. The number of aromatic nitrogens is 2. The van der Waals surface area contributed by atoms with Gasteiger partial charge in [-0.1, -0.05) is 67.1 Å². The smallest absolute Gasteiger partial charge is 0.258 e. The van der Waals surface area contributed by atoms with E-state index < -0.39 is 0 Å². The first kappa shape index (κ1) is 22.7. The number of fused-ring (bicyclic) bond motifs is 1. The van der Waals surface area contributed by atoms with Gasteiger partial charge in [-0.15, -0.1) is 0 Å². The van der Waals surface area contributed by atoms with Crippen molar-refractivity contribution in [2.45, 2.75) is 20.0 Å². The topological polar surface area (TPSA) is 69.3 Å². The lowest BCUT2D eigenvalue weighted by molar-refractivity contribution is -0.120. The number of benzene rings is 3. The normalized spacial score (nSPS) is 11.1. The van der Waals surface area contributed by atoms with Gasteiger partial charge in [0.05, 0.1) is 30.5 Å². The molecule has 1 amide bonds. The SMILES string of the molecule is CCN(CC(=O)N(Cc1ccccc1)c1ccccc1)Cc1nc2cc(Cl)ccc2c(=O)[nH]1. The molecular formula is C26H25ClN4O2. The molecule has 0 aliphatic heterocycles. The standard InChI is InChI=1S/C26H25ClN4O2/c1-2-30(17-24-28-23-15-20(27)13-14-22(23)26(33)29-24)18-25(32)31(21-11-7-4-8-12-21)16-19-9-5-3-6-10-19/h3-15H,2,16-18H2,1H3,(H,28,29,33). The van der Waals surface area contributed by atoms with E-state index in [1.54, 1.807) is 23.1 Å². The number of hydrogen-bond donors (Lipinski definition) is 1. The zero-order chi connectivity index (χ0) is 23.2. The van der Waals surface area contributed by atoms with Crippen molar-refractivity contribution in [2.75, 3.05) is 18.0 Å². The van der Waals surface area contributed by atoms with Crippen LogP contribution < -0.4 is 10.5 Å². The monoisotopic (exact) mass is 460 g/mol. The molecule has 168 valence electrons. The van der Waals surface area contributed by atoms with Gasteiger partial charge in [-0.05, 0) is 42.4 Å². The van der Waals surface area contributed by atoms with Crippen molar-refractivity contribution in [1.82, 2.24) is 14.9 Å². The minimum atomic E-state index is -0.218. The molecule has 6 nitrogen and oxygen atoms in total. The Morgan fingerprint density at radius 2 is 1.67 bits per heavy atom. The summed E-state index contributed by atoms with van der Waals surface area (Å²) in [5.74, 6) is 0.469. The van der Waals surface area contributed by atoms with Crippen molar-refractivity contribution in [1.29, 1.82) is 0 Å². The molecule has 33 heavy (non-hydrogen) atoms. The minimum Gasteiger partial charge on any atom is -0.309 e. The summed E-state index contributed by atoms with van der Waals surface area (Å²) >= 11 is 6.07. The summed E-state index contributed by atoms with van der Waals surface area (Å²) < 4.78 is 0. The summed E-state index contributed by atoms with van der Waals surface area (Å²) in [6, 6.07) is 24.6. The molecule has 0 radical (unpaired) electrons. The highest BCUT2D eigenvalue weighted by atomic mass is 35.5. The third kappa shape index (κ3) is 5.66. The fraction of sp³-hybridized carbons (Fsp3) is 0.192. The fourth-order valence-corrected chi connectivity index (χ4v) is 3.87. The second kappa shape index (κ2) is 10.4. The molecule has 3 aromatic carbocycles. The molecule has 4 rings (SSSR count). The van der Waals surface area contributed by atoms with Crippen molar-refractivity contribution in [3.8, 4) is 0 Å². The van der Waals surface area contributed by atoms with E-state index in [0.717, 1.165) is 11.3 Å². The predicted octanol–water partition coefficient (Wildman–Crippen LogP) is 4.63. The van der Waals surface area contributed by atoms with Gasteiger partial charge < -0.3 is 9.88 Å². The number of rotatable bonds is 8. The van der Waals surface area contributed by atoms with Crippen LogP contribution in [0.25, 0.3) is 10.9 Å². The number of hydrogen-bond acceptors (Lipinski definition) is 4. The van der Waals surface area contributed by atoms with Crippen molar-refractivity contribution in [3.05, 3.63) is 106 Å². The van der Waals surface area contributed by atoms with Crippen LogP contribution in [-0.4, -0.2) is 33.9 Å². The molecule has 0 unspecified atom stereocenters. The fourth-order valence-electron chi connectivity index (χ4n) is 3.70. The molecule has 0 aliphatic carbocycles. The summed E-state index contributed by atoms with van der Waals surface area (Å²) in [5, 5.41) is 1.01. The molecule has 1 N–H and O–H groups in total. The number of carbonyl (C=O) groups is 1. The molecule has 1 aromatic heterocycles. The zero-order valence-corrected chi connectivity index (χ0v) is 19.1. The molecular weight excluding hydrogens is 436 g/mol. The van der Waals surface area contributed by atoms with Gasteiger partial charge in [0.15, 0.2) is 0 Å². The van der Waals surface area contributed by atoms with Crippen LogP contribution >= 0.6 is 11.6 Å². The number of anilines is 1. The average Bonchev–Trinajstić information content (AvgIpc) is 2.83. The number of carbonyl (C=O) groups excluding carboxylic acids is 1. The molecule has 7 heteroatoms. The maximum absolute atomic E-state index is 13.4. The van der Waals surface area contributed by atoms with Crippen molar-refractivity contribution in [3.63, 3.8) is 0 Å². The molecule has 0 saturated heterocycles. The Bertz CT molecular complexity index is 1290. The summed E-state index contributed by atoms with van der Waals surface area (Å²) in [7, 11) is 0. The Balaban J connectivity index is 1.55. The lowest BCUT2D eigenvalue weighted by Gasteiger charge is -2.27. The lowest BCUT2D eigenvalue weighted by atomic mass is 10.2. The number of para-hydroxylation sites is 1. The van der Waals surface area contributed by atoms with Crippen LogP contribution in [-0.2, 0) is 17.9 Å². The third-order valence-electron chi connectivity index (χ3n) is 5.45. The van der Waals surface area contributed by atoms with Crippen LogP contribution in [0.3, 0.4) is 0 Å². The second-order valence-corrected chi connectivity index (χ2v) is 8.21. The highest BCUT2D eigenvalue weighted by molar-refractivity contribution is 6.31. The molecule has 0 fully saturated rings. The zero-order valence-electron chi connectivity index (χ0n) is 18.4. The summed E-state index contributed by atoms with van der Waals surface area (Å²) in [6.07, 6.45) is 0. The number of nitrogens with one attached hydrogen (secondary N) is 1. The van der Waals surface area contributed by atoms with Gasteiger partial charge in [-0.2, -0.15) is 0 Å². The Kier molecular flexibility index (Phi) is 7.17. The summed E-state index contributed by atoms with van der Waals surface area (Å²) in [4.78, 5) is 37.0. The molecule has 0 atom stereocenters. The van der Waals surface area contributed by atoms with Crippen LogP contribution in [0.15, 0.2) is 83.7 Å². The Hall–Kier alpha value is -3.48. The van der Waals surface area contributed by atoms with Gasteiger partial charge in [0.25, 0.3) is 5.56 Å². The van der Waals surface area contributed by atoms with E-state index in [2.05, 4.69) is 9.97 Å². The first-order chi connectivity index (χ1) is 16.0. The van der Waals surface area contributed by atoms with Crippen LogP contribution in [0.4, 0.5) is 5.69 Å². The number of amides is 1. The van der Waals surface area contributed by atoms with Crippen LogP contribution in [0.5, 0.6) is 0 Å². The maximum atomic E-state index is 13.4. The van der Waals surface area contributed by atoms with Crippen molar-refractivity contribution in [2.24, 2.45) is 0 Å². The summed E-state index contributed by atoms with van der Waals surface area (Å²) in [5.41, 5.74) is 2.21. The first-order valence-electron chi connectivity index (χ1n) is 10.8. The molecule has 4 aromatic rings. The number of halogens is 1. The molecule has 1 heterocycles. The highest BCUT2D eigenvalue weighted by Crippen LogP contribution is 2.18. The molecule has 0 bridgehead atoms. The van der Waals surface area contributed by atoms with E-state index in [9.17, 15) is 9.59 Å². The van der Waals surface area contributed by atoms with Crippen molar-refractivity contribution >= 4 is 34.1 Å². The quantitative estimate of drug-likeness (QED) is 0.416. The van der Waals surface area contributed by atoms with Crippen LogP contribution in [0, 0.1) is 0 Å². The highest BCUT2D eigenvalue weighted by Gasteiger charge is 2.20. The minimum absolute atomic E-state index is 0.0296. The first-order valence-corrected chi connectivity index (χ1v) is 11.2. The number of aromatic amines is 1. The lowest BCUT2D eigenvalue weighted by Crippen LogP contribution is -2.40. The molecule has 0 spiro atoms. The third-order valence-corrected chi connectivity index (χ3v) is 5.68. The van der Waals surface area contributed by atoms with Crippen LogP contribution in [0.2, 0.25) is 5.02 Å². The summed E-state index contributed by atoms with van der Waals surface area (Å²) in [6.45, 7) is 3.61. The Labute approximate surface area is 197 Å². The average molecular weight is 461 g/mol. The van der Waals surface area contributed by atoms with E-state index in [1.165, 1.54) is 0 Å². The van der Waals surface area contributed by atoms with E-state index in [4.69, 9.17) is 11.6 Å². The molecule has 0 saturated carbocycles.